The van der Waals surface area contributed by atoms with Crippen LogP contribution in [0.1, 0.15) is 52.4 Å². The van der Waals surface area contributed by atoms with Gasteiger partial charge in [0.1, 0.15) is 0 Å². The van der Waals surface area contributed by atoms with Crippen LogP contribution in [0.25, 0.3) is 0 Å². The molecule has 0 unspecified atom stereocenters. The Morgan fingerprint density at radius 1 is 1.29 bits per heavy atom. The first-order valence-electron chi connectivity index (χ1n) is 6.02. The van der Waals surface area contributed by atoms with Crippen molar-refractivity contribution in [3.05, 3.63) is 0 Å². The smallest absolute Gasteiger partial charge is 0.0804 e. The molecular weight excluding hydrogens is 174 g/mol. The molecule has 0 radical (unpaired) electrons. The van der Waals surface area contributed by atoms with Gasteiger partial charge in [0.2, 0.25) is 0 Å². The Morgan fingerprint density at radius 2 is 1.93 bits per heavy atom. The number of ether oxygens (including phenoxy) is 1. The molecule has 0 amide bonds. The van der Waals surface area contributed by atoms with Gasteiger partial charge in [-0.2, -0.15) is 0 Å². The predicted molar refractivity (Wildman–Crippen MR) is 60.3 cm³/mol. The maximum atomic E-state index is 5.97. The second-order valence-electron chi connectivity index (χ2n) is 4.98. The number of hydrogen-bond acceptors (Lipinski definition) is 2. The number of nitrogens with two attached hydrogens (primary N) is 1. The predicted octanol–water partition coefficient (Wildman–Crippen LogP) is 2.71. The summed E-state index contributed by atoms with van der Waals surface area (Å²) in [6.07, 6.45) is 7.37. The standard InChI is InChI=1S/C12H25NO/c1-11(2)6-5-9-14-12(10-13)7-3-4-8-12/h11H,3-10,13H2,1-2H3. The molecule has 0 aromatic rings. The Balaban J connectivity index is 2.15. The Kier molecular flexibility index (Phi) is 4.90. The number of hydrogen-bond donors (Lipinski definition) is 1. The highest BCUT2D eigenvalue weighted by molar-refractivity contribution is 4.87. The summed E-state index contributed by atoms with van der Waals surface area (Å²) in [7, 11) is 0. The molecule has 0 spiro atoms. The van der Waals surface area contributed by atoms with E-state index in [-0.39, 0.29) is 5.60 Å². The maximum absolute atomic E-state index is 5.97. The average Bonchev–Trinajstić information content (AvgIpc) is 2.62. The first-order valence-corrected chi connectivity index (χ1v) is 6.02. The van der Waals surface area contributed by atoms with Crippen molar-refractivity contribution in [2.75, 3.05) is 13.2 Å². The second kappa shape index (κ2) is 5.72. The highest BCUT2D eigenvalue weighted by atomic mass is 16.5. The molecule has 1 rings (SSSR count). The van der Waals surface area contributed by atoms with Crippen molar-refractivity contribution in [3.63, 3.8) is 0 Å². The monoisotopic (exact) mass is 199 g/mol. The van der Waals surface area contributed by atoms with Crippen LogP contribution in [0.3, 0.4) is 0 Å². The van der Waals surface area contributed by atoms with Crippen molar-refractivity contribution in [1.82, 2.24) is 0 Å². The number of rotatable bonds is 6. The van der Waals surface area contributed by atoms with Crippen molar-refractivity contribution in [1.29, 1.82) is 0 Å². The minimum atomic E-state index is 0.0526. The summed E-state index contributed by atoms with van der Waals surface area (Å²) in [5.41, 5.74) is 5.84. The maximum Gasteiger partial charge on any atom is 0.0804 e. The van der Waals surface area contributed by atoms with E-state index in [2.05, 4.69) is 13.8 Å². The summed E-state index contributed by atoms with van der Waals surface area (Å²) in [5, 5.41) is 0. The van der Waals surface area contributed by atoms with Crippen LogP contribution in [-0.4, -0.2) is 18.8 Å². The Bertz CT molecular complexity index is 150. The Morgan fingerprint density at radius 3 is 2.43 bits per heavy atom. The van der Waals surface area contributed by atoms with Gasteiger partial charge in [0.15, 0.2) is 0 Å². The van der Waals surface area contributed by atoms with Gasteiger partial charge in [0.25, 0.3) is 0 Å². The average molecular weight is 199 g/mol. The van der Waals surface area contributed by atoms with E-state index in [9.17, 15) is 0 Å². The lowest BCUT2D eigenvalue weighted by Crippen LogP contribution is -2.38. The summed E-state index contributed by atoms with van der Waals surface area (Å²) in [5.74, 6) is 0.788. The van der Waals surface area contributed by atoms with Gasteiger partial charge < -0.3 is 10.5 Å². The van der Waals surface area contributed by atoms with Crippen LogP contribution >= 0.6 is 0 Å². The lowest BCUT2D eigenvalue weighted by atomic mass is 10.0. The molecule has 84 valence electrons. The van der Waals surface area contributed by atoms with Crippen LogP contribution in [0.5, 0.6) is 0 Å². The zero-order valence-electron chi connectivity index (χ0n) is 9.72. The van der Waals surface area contributed by atoms with Crippen molar-refractivity contribution in [3.8, 4) is 0 Å². The third kappa shape index (κ3) is 3.58. The van der Waals surface area contributed by atoms with E-state index in [1.807, 2.05) is 0 Å². The fraction of sp³-hybridized carbons (Fsp3) is 1.00. The molecule has 14 heavy (non-hydrogen) atoms. The van der Waals surface area contributed by atoms with Gasteiger partial charge in [-0.3, -0.25) is 0 Å². The van der Waals surface area contributed by atoms with E-state index in [0.717, 1.165) is 12.5 Å². The molecule has 1 aliphatic rings. The largest absolute Gasteiger partial charge is 0.374 e. The molecule has 0 aromatic carbocycles. The topological polar surface area (TPSA) is 35.2 Å². The van der Waals surface area contributed by atoms with Crippen LogP contribution in [0, 0.1) is 5.92 Å². The summed E-state index contributed by atoms with van der Waals surface area (Å²) in [6.45, 7) is 6.12. The molecule has 0 aromatic heterocycles. The third-order valence-corrected chi connectivity index (χ3v) is 3.22. The van der Waals surface area contributed by atoms with Crippen LogP contribution in [0.4, 0.5) is 0 Å². The van der Waals surface area contributed by atoms with E-state index in [1.165, 1.54) is 38.5 Å². The highest BCUT2D eigenvalue weighted by Crippen LogP contribution is 2.32. The van der Waals surface area contributed by atoms with Gasteiger partial charge in [-0.05, 0) is 31.6 Å². The summed E-state index contributed by atoms with van der Waals surface area (Å²) >= 11 is 0. The van der Waals surface area contributed by atoms with E-state index in [4.69, 9.17) is 10.5 Å². The summed E-state index contributed by atoms with van der Waals surface area (Å²) in [4.78, 5) is 0. The van der Waals surface area contributed by atoms with Crippen molar-refractivity contribution in [2.24, 2.45) is 11.7 Å². The molecule has 0 aliphatic heterocycles. The zero-order chi connectivity index (χ0) is 10.4. The molecule has 0 heterocycles. The van der Waals surface area contributed by atoms with Crippen LogP contribution in [0.2, 0.25) is 0 Å². The minimum Gasteiger partial charge on any atom is -0.374 e. The molecule has 1 saturated carbocycles. The summed E-state index contributed by atoms with van der Waals surface area (Å²) in [6, 6.07) is 0. The van der Waals surface area contributed by atoms with E-state index in [0.29, 0.717) is 6.54 Å². The van der Waals surface area contributed by atoms with Gasteiger partial charge in [0, 0.05) is 13.2 Å². The zero-order valence-corrected chi connectivity index (χ0v) is 9.72. The van der Waals surface area contributed by atoms with Gasteiger partial charge in [-0.15, -0.1) is 0 Å². The van der Waals surface area contributed by atoms with E-state index >= 15 is 0 Å². The fourth-order valence-corrected chi connectivity index (χ4v) is 2.21. The van der Waals surface area contributed by atoms with Crippen molar-refractivity contribution >= 4 is 0 Å². The molecule has 0 saturated heterocycles. The SMILES string of the molecule is CC(C)CCCOC1(CN)CCCC1. The summed E-state index contributed by atoms with van der Waals surface area (Å²) < 4.78 is 5.97. The minimum absolute atomic E-state index is 0.0526. The molecule has 1 aliphatic carbocycles. The molecule has 0 bridgehead atoms. The van der Waals surface area contributed by atoms with Crippen LogP contribution < -0.4 is 5.73 Å². The molecular formula is C12H25NO. The Hall–Kier alpha value is -0.0800. The highest BCUT2D eigenvalue weighted by Gasteiger charge is 2.32. The fourth-order valence-electron chi connectivity index (χ4n) is 2.21. The molecule has 0 atom stereocenters. The molecule has 2 nitrogen and oxygen atoms in total. The van der Waals surface area contributed by atoms with Gasteiger partial charge >= 0.3 is 0 Å². The second-order valence-corrected chi connectivity index (χ2v) is 4.98. The molecule has 2 heteroatoms. The van der Waals surface area contributed by atoms with Crippen LogP contribution in [-0.2, 0) is 4.74 Å². The van der Waals surface area contributed by atoms with Crippen molar-refractivity contribution < 1.29 is 4.74 Å². The van der Waals surface area contributed by atoms with Gasteiger partial charge in [-0.1, -0.05) is 26.7 Å². The first kappa shape index (κ1) is 12.0. The lowest BCUT2D eigenvalue weighted by molar-refractivity contribution is -0.0357. The van der Waals surface area contributed by atoms with Gasteiger partial charge in [-0.25, -0.2) is 0 Å². The first-order chi connectivity index (χ1) is 6.68. The molecule has 2 N–H and O–H groups in total. The van der Waals surface area contributed by atoms with Crippen LogP contribution in [0.15, 0.2) is 0 Å². The third-order valence-electron chi connectivity index (χ3n) is 3.22. The van der Waals surface area contributed by atoms with E-state index in [1.54, 1.807) is 0 Å². The normalized spacial score (nSPS) is 20.6. The van der Waals surface area contributed by atoms with Gasteiger partial charge in [0.05, 0.1) is 5.60 Å². The molecule has 1 fully saturated rings. The lowest BCUT2D eigenvalue weighted by Gasteiger charge is -2.27. The Labute approximate surface area is 88.2 Å². The quantitative estimate of drug-likeness (QED) is 0.668. The van der Waals surface area contributed by atoms with E-state index < -0.39 is 0 Å². The van der Waals surface area contributed by atoms with Crippen molar-refractivity contribution in [2.45, 2.75) is 58.0 Å².